The van der Waals surface area contributed by atoms with E-state index in [1.54, 1.807) is 36.4 Å². The lowest BCUT2D eigenvalue weighted by molar-refractivity contribution is -0.126. The molecule has 0 saturated carbocycles. The van der Waals surface area contributed by atoms with E-state index in [2.05, 4.69) is 5.48 Å². The van der Waals surface area contributed by atoms with Crippen LogP contribution in [0.5, 0.6) is 5.75 Å². The highest BCUT2D eigenvalue weighted by Gasteiger charge is 2.07. The number of carbonyl (C=O) groups excluding carboxylic acids is 1. The van der Waals surface area contributed by atoms with Gasteiger partial charge in [0.2, 0.25) is 0 Å². The fourth-order valence-corrected chi connectivity index (χ4v) is 1.80. The Bertz CT molecular complexity index is 570. The van der Waals surface area contributed by atoms with Crippen molar-refractivity contribution < 1.29 is 9.63 Å². The number of benzene rings is 2. The highest BCUT2D eigenvalue weighted by atomic mass is 35.5. The average molecular weight is 296 g/mol. The third-order valence-electron chi connectivity index (χ3n) is 2.41. The first kappa shape index (κ1) is 13.7. The first-order valence-corrected chi connectivity index (χ1v) is 6.35. The van der Waals surface area contributed by atoms with Gasteiger partial charge in [0.1, 0.15) is 0 Å². The topological polar surface area (TPSA) is 38.3 Å². The molecule has 0 saturated heterocycles. The number of hydrogen-bond donors (Lipinski definition) is 1. The van der Waals surface area contributed by atoms with Crippen LogP contribution in [0.3, 0.4) is 0 Å². The first-order chi connectivity index (χ1) is 9.15. The van der Waals surface area contributed by atoms with Crippen LogP contribution in [0.15, 0.2) is 48.5 Å². The summed E-state index contributed by atoms with van der Waals surface area (Å²) >= 11 is 11.7. The molecule has 19 heavy (non-hydrogen) atoms. The number of amides is 1. The van der Waals surface area contributed by atoms with Crippen LogP contribution < -0.4 is 10.3 Å². The largest absolute Gasteiger partial charge is 0.380 e. The van der Waals surface area contributed by atoms with Gasteiger partial charge in [0.15, 0.2) is 5.75 Å². The molecule has 0 bridgehead atoms. The molecular weight excluding hydrogens is 285 g/mol. The lowest BCUT2D eigenvalue weighted by atomic mass is 10.1. The predicted molar refractivity (Wildman–Crippen MR) is 75.4 cm³/mol. The molecule has 2 aromatic rings. The van der Waals surface area contributed by atoms with Gasteiger partial charge in [-0.25, -0.2) is 0 Å². The van der Waals surface area contributed by atoms with E-state index in [1.807, 2.05) is 12.1 Å². The van der Waals surface area contributed by atoms with E-state index in [0.29, 0.717) is 15.8 Å². The molecule has 2 aromatic carbocycles. The van der Waals surface area contributed by atoms with Crippen LogP contribution in [0.4, 0.5) is 0 Å². The molecule has 0 aliphatic carbocycles. The van der Waals surface area contributed by atoms with Gasteiger partial charge in [-0.3, -0.25) is 4.79 Å². The van der Waals surface area contributed by atoms with E-state index >= 15 is 0 Å². The number of rotatable bonds is 4. The zero-order valence-corrected chi connectivity index (χ0v) is 11.4. The summed E-state index contributed by atoms with van der Waals surface area (Å²) in [6.45, 7) is 0. The highest BCUT2D eigenvalue weighted by molar-refractivity contribution is 6.31. The summed E-state index contributed by atoms with van der Waals surface area (Å²) in [5, 5.41) is 1.17. The Morgan fingerprint density at radius 2 is 1.74 bits per heavy atom. The van der Waals surface area contributed by atoms with Crippen molar-refractivity contribution in [3.8, 4) is 5.75 Å². The van der Waals surface area contributed by atoms with Gasteiger partial charge in [0, 0.05) is 10.0 Å². The lowest BCUT2D eigenvalue weighted by Gasteiger charge is -2.07. The number of hydroxylamine groups is 1. The summed E-state index contributed by atoms with van der Waals surface area (Å²) in [7, 11) is 0. The van der Waals surface area contributed by atoms with Crippen LogP contribution in [0.25, 0.3) is 0 Å². The van der Waals surface area contributed by atoms with Gasteiger partial charge in [-0.05, 0) is 35.9 Å². The second kappa shape index (κ2) is 6.45. The van der Waals surface area contributed by atoms with Gasteiger partial charge in [-0.15, -0.1) is 0 Å². The molecule has 0 aliphatic rings. The van der Waals surface area contributed by atoms with Crippen LogP contribution in [-0.2, 0) is 11.2 Å². The van der Waals surface area contributed by atoms with Crippen molar-refractivity contribution in [3.05, 3.63) is 64.1 Å². The standard InChI is InChI=1S/C14H11Cl2NO2/c15-11-5-7-12(8-6-11)19-17-14(18)9-10-3-1-2-4-13(10)16/h1-8H,9H2,(H,17,18). The summed E-state index contributed by atoms with van der Waals surface area (Å²) < 4.78 is 0. The third kappa shape index (κ3) is 4.16. The summed E-state index contributed by atoms with van der Waals surface area (Å²) in [6.07, 6.45) is 0.160. The number of hydrogen-bond acceptors (Lipinski definition) is 2. The van der Waals surface area contributed by atoms with Crippen molar-refractivity contribution in [1.82, 2.24) is 5.48 Å². The molecule has 98 valence electrons. The number of carbonyl (C=O) groups is 1. The van der Waals surface area contributed by atoms with Crippen LogP contribution in [0.2, 0.25) is 10.0 Å². The van der Waals surface area contributed by atoms with Crippen LogP contribution >= 0.6 is 23.2 Å². The Balaban J connectivity index is 1.88. The van der Waals surface area contributed by atoms with Crippen molar-refractivity contribution in [2.24, 2.45) is 0 Å². The van der Waals surface area contributed by atoms with Gasteiger partial charge in [0.05, 0.1) is 6.42 Å². The maximum Gasteiger partial charge on any atom is 0.257 e. The van der Waals surface area contributed by atoms with Gasteiger partial charge >= 0.3 is 0 Å². The van der Waals surface area contributed by atoms with Gasteiger partial charge in [-0.1, -0.05) is 41.4 Å². The first-order valence-electron chi connectivity index (χ1n) is 5.60. The van der Waals surface area contributed by atoms with Crippen LogP contribution in [0.1, 0.15) is 5.56 Å². The minimum Gasteiger partial charge on any atom is -0.380 e. The van der Waals surface area contributed by atoms with Crippen molar-refractivity contribution in [2.75, 3.05) is 0 Å². The molecule has 1 amide bonds. The average Bonchev–Trinajstić information content (AvgIpc) is 2.41. The summed E-state index contributed by atoms with van der Waals surface area (Å²) in [6, 6.07) is 13.9. The molecule has 0 unspecified atom stereocenters. The molecule has 0 fully saturated rings. The molecule has 5 heteroatoms. The van der Waals surface area contributed by atoms with Crippen molar-refractivity contribution in [1.29, 1.82) is 0 Å². The minimum absolute atomic E-state index is 0.160. The molecule has 0 radical (unpaired) electrons. The fraction of sp³-hybridized carbons (Fsp3) is 0.0714. The summed E-state index contributed by atoms with van der Waals surface area (Å²) in [5.74, 6) is 0.236. The second-order valence-corrected chi connectivity index (χ2v) is 4.69. The lowest BCUT2D eigenvalue weighted by Crippen LogP contribution is -2.28. The zero-order valence-electron chi connectivity index (χ0n) is 9.90. The molecule has 0 aromatic heterocycles. The highest BCUT2D eigenvalue weighted by Crippen LogP contribution is 2.16. The summed E-state index contributed by atoms with van der Waals surface area (Å²) in [4.78, 5) is 16.8. The van der Waals surface area contributed by atoms with Gasteiger partial charge in [-0.2, -0.15) is 5.48 Å². The Hall–Kier alpha value is -1.71. The van der Waals surface area contributed by atoms with E-state index in [4.69, 9.17) is 28.0 Å². The molecule has 2 rings (SSSR count). The van der Waals surface area contributed by atoms with E-state index < -0.39 is 0 Å². The maximum absolute atomic E-state index is 11.7. The maximum atomic E-state index is 11.7. The van der Waals surface area contributed by atoms with E-state index in [1.165, 1.54) is 0 Å². The van der Waals surface area contributed by atoms with Gasteiger partial charge < -0.3 is 4.84 Å². The quantitative estimate of drug-likeness (QED) is 0.875. The Labute approximate surface area is 121 Å². The third-order valence-corrected chi connectivity index (χ3v) is 3.03. The fourth-order valence-electron chi connectivity index (χ4n) is 1.47. The molecule has 1 N–H and O–H groups in total. The molecule has 0 spiro atoms. The zero-order chi connectivity index (χ0) is 13.7. The normalized spacial score (nSPS) is 10.0. The van der Waals surface area contributed by atoms with Gasteiger partial charge in [0.25, 0.3) is 5.91 Å². The molecule has 0 aliphatic heterocycles. The monoisotopic (exact) mass is 295 g/mol. The predicted octanol–water partition coefficient (Wildman–Crippen LogP) is 3.65. The number of nitrogens with one attached hydrogen (secondary N) is 1. The molecular formula is C14H11Cl2NO2. The van der Waals surface area contributed by atoms with Crippen LogP contribution in [-0.4, -0.2) is 5.91 Å². The Morgan fingerprint density at radius 3 is 2.42 bits per heavy atom. The van der Waals surface area contributed by atoms with Crippen molar-refractivity contribution in [3.63, 3.8) is 0 Å². The van der Waals surface area contributed by atoms with Crippen molar-refractivity contribution in [2.45, 2.75) is 6.42 Å². The van der Waals surface area contributed by atoms with E-state index in [-0.39, 0.29) is 12.3 Å². The SMILES string of the molecule is O=C(Cc1ccccc1Cl)NOc1ccc(Cl)cc1. The smallest absolute Gasteiger partial charge is 0.257 e. The Kier molecular flexibility index (Phi) is 4.66. The van der Waals surface area contributed by atoms with Crippen molar-refractivity contribution >= 4 is 29.1 Å². The minimum atomic E-state index is -0.275. The van der Waals surface area contributed by atoms with E-state index in [0.717, 1.165) is 5.56 Å². The Morgan fingerprint density at radius 1 is 1.05 bits per heavy atom. The molecule has 3 nitrogen and oxygen atoms in total. The van der Waals surface area contributed by atoms with E-state index in [9.17, 15) is 4.79 Å². The second-order valence-electron chi connectivity index (χ2n) is 3.85. The molecule has 0 atom stereocenters. The molecule has 0 heterocycles. The number of halogens is 2. The summed E-state index contributed by atoms with van der Waals surface area (Å²) in [5.41, 5.74) is 3.10. The van der Waals surface area contributed by atoms with Crippen LogP contribution in [0, 0.1) is 0 Å².